The van der Waals surface area contributed by atoms with Crippen molar-refractivity contribution in [3.63, 3.8) is 0 Å². The first-order chi connectivity index (χ1) is 18.7. The van der Waals surface area contributed by atoms with E-state index in [1.54, 1.807) is 0 Å². The molecule has 0 saturated heterocycles. The molecule has 0 spiro atoms. The average Bonchev–Trinajstić information content (AvgIpc) is 2.81. The lowest BCUT2D eigenvalue weighted by atomic mass is 9.73. The highest BCUT2D eigenvalue weighted by atomic mass is 28.4. The second-order valence-electron chi connectivity index (χ2n) is 16.2. The molecule has 0 bridgehead atoms. The minimum atomic E-state index is -2.40. The fourth-order valence-corrected chi connectivity index (χ4v) is 7.57. The van der Waals surface area contributed by atoms with Crippen molar-refractivity contribution in [2.45, 2.75) is 157 Å². The maximum absolute atomic E-state index is 14.6. The Kier molecular flexibility index (Phi) is 13.0. The van der Waals surface area contributed by atoms with Gasteiger partial charge in [0.1, 0.15) is 5.78 Å². The molecule has 0 amide bonds. The zero-order valence-electron chi connectivity index (χ0n) is 29.7. The predicted octanol–water partition coefficient (Wildman–Crippen LogP) is 8.82. The number of rotatable bonds is 5. The molecule has 1 aliphatic rings. The van der Waals surface area contributed by atoms with Crippen LogP contribution in [0.5, 0.6) is 0 Å². The van der Waals surface area contributed by atoms with E-state index in [9.17, 15) is 14.4 Å². The molecule has 0 aromatic carbocycles. The van der Waals surface area contributed by atoms with Crippen molar-refractivity contribution in [3.05, 3.63) is 23.8 Å². The van der Waals surface area contributed by atoms with Crippen LogP contribution >= 0.6 is 0 Å². The Hall–Kier alpha value is -1.36. The van der Waals surface area contributed by atoms with Crippen LogP contribution in [-0.4, -0.2) is 52.5 Å². The molecule has 0 aromatic heterocycles. The lowest BCUT2D eigenvalue weighted by Gasteiger charge is -2.46. The predicted molar refractivity (Wildman–Crippen MR) is 179 cm³/mol. The third-order valence-corrected chi connectivity index (χ3v) is 18.9. The summed E-state index contributed by atoms with van der Waals surface area (Å²) >= 11 is 0. The van der Waals surface area contributed by atoms with Gasteiger partial charge in [0.25, 0.3) is 0 Å². The number of ketones is 2. The molecule has 42 heavy (non-hydrogen) atoms. The summed E-state index contributed by atoms with van der Waals surface area (Å²) < 4.78 is 19.6. The number of ether oxygens (including phenoxy) is 1. The number of Topliss-reactive ketones (excluding diaryl/α,β-unsaturated/α-hetero) is 2. The van der Waals surface area contributed by atoms with Gasteiger partial charge in [0, 0.05) is 17.8 Å². The minimum Gasteiger partial charge on any atom is -0.454 e. The molecule has 6 nitrogen and oxygen atoms in total. The standard InChI is InChI=1S/C34H62O6Si2/c1-23-18-17-19-24(2)30(40-42(15,16)33(8,9)10)25(3)31(37)34(11,12)28(39-41(13,14)32(5,6)7)22-29(36)38-27(21-20-23)26(4)35/h17,19-20,24-25,27-28,30H,18,21-22H2,1-16H3/b19-17-,23-20-/t24-,25+,27-,28-,30-/m0/s1. The van der Waals surface area contributed by atoms with E-state index < -0.39 is 46.1 Å². The lowest BCUT2D eigenvalue weighted by molar-refractivity contribution is -0.158. The van der Waals surface area contributed by atoms with E-state index in [4.69, 9.17) is 13.6 Å². The van der Waals surface area contributed by atoms with Crippen LogP contribution in [0.15, 0.2) is 23.8 Å². The SMILES string of the molecule is CC(=O)[C@@H]1C/C=C(/C)C/C=C\[C@H](C)[C@H](O[Si](C)(C)C(C)(C)C)[C@@H](C)C(=O)C(C)(C)[C@@H](O[Si](C)(C)C(C)(C)C)CC(=O)O1. The number of hydrogen-bond acceptors (Lipinski definition) is 6. The van der Waals surface area contributed by atoms with Crippen molar-refractivity contribution in [1.29, 1.82) is 0 Å². The third-order valence-electron chi connectivity index (χ3n) is 9.98. The summed E-state index contributed by atoms with van der Waals surface area (Å²) in [5.74, 6) is -1.16. The molecule has 0 aliphatic carbocycles. The number of carbonyl (C=O) groups is 3. The molecule has 1 rings (SSSR count). The number of allylic oxidation sites excluding steroid dienone is 2. The first-order valence-electron chi connectivity index (χ1n) is 15.7. The molecule has 0 saturated carbocycles. The van der Waals surface area contributed by atoms with Gasteiger partial charge < -0.3 is 13.6 Å². The summed E-state index contributed by atoms with van der Waals surface area (Å²) in [5, 5.41) is -0.150. The van der Waals surface area contributed by atoms with Gasteiger partial charge in [-0.05, 0) is 62.5 Å². The molecular formula is C34H62O6Si2. The summed E-state index contributed by atoms with van der Waals surface area (Å²) in [7, 11) is -4.62. The highest BCUT2D eigenvalue weighted by Crippen LogP contribution is 2.44. The van der Waals surface area contributed by atoms with Gasteiger partial charge in [-0.1, -0.05) is 93.0 Å². The first kappa shape index (κ1) is 38.7. The topological polar surface area (TPSA) is 78.9 Å². The average molecular weight is 623 g/mol. The fourth-order valence-electron chi connectivity index (χ4n) is 4.68. The third kappa shape index (κ3) is 10.1. The van der Waals surface area contributed by atoms with Gasteiger partial charge in [-0.15, -0.1) is 0 Å². The molecule has 0 N–H and O–H groups in total. The van der Waals surface area contributed by atoms with E-state index in [2.05, 4.69) is 86.8 Å². The van der Waals surface area contributed by atoms with Crippen LogP contribution in [-0.2, 0) is 28.0 Å². The second kappa shape index (κ2) is 14.2. The Morgan fingerprint density at radius 3 is 1.93 bits per heavy atom. The van der Waals surface area contributed by atoms with Crippen LogP contribution in [0.4, 0.5) is 0 Å². The van der Waals surface area contributed by atoms with Crippen molar-refractivity contribution >= 4 is 34.2 Å². The Morgan fingerprint density at radius 2 is 1.45 bits per heavy atom. The van der Waals surface area contributed by atoms with Gasteiger partial charge in [-0.2, -0.15) is 0 Å². The van der Waals surface area contributed by atoms with Gasteiger partial charge in [0.05, 0.1) is 18.6 Å². The van der Waals surface area contributed by atoms with Crippen LogP contribution in [0.3, 0.4) is 0 Å². The van der Waals surface area contributed by atoms with Gasteiger partial charge in [-0.3, -0.25) is 14.4 Å². The van der Waals surface area contributed by atoms with Crippen LogP contribution in [0, 0.1) is 17.3 Å². The number of cyclic esters (lactones) is 1. The van der Waals surface area contributed by atoms with Gasteiger partial charge >= 0.3 is 5.97 Å². The fraction of sp³-hybridized carbons (Fsp3) is 0.794. The highest BCUT2D eigenvalue weighted by molar-refractivity contribution is 6.74. The second-order valence-corrected chi connectivity index (χ2v) is 25.7. The number of hydrogen-bond donors (Lipinski definition) is 0. The Balaban J connectivity index is 3.77. The monoisotopic (exact) mass is 622 g/mol. The molecule has 1 heterocycles. The van der Waals surface area contributed by atoms with Crippen molar-refractivity contribution in [2.24, 2.45) is 17.3 Å². The first-order valence-corrected chi connectivity index (χ1v) is 21.5. The quantitative estimate of drug-likeness (QED) is 0.173. The molecule has 242 valence electrons. The largest absolute Gasteiger partial charge is 0.454 e. The Bertz CT molecular complexity index is 1030. The molecule has 0 unspecified atom stereocenters. The van der Waals surface area contributed by atoms with Gasteiger partial charge in [0.15, 0.2) is 28.5 Å². The molecule has 0 fully saturated rings. The zero-order valence-corrected chi connectivity index (χ0v) is 31.7. The summed E-state index contributed by atoms with van der Waals surface area (Å²) in [5.41, 5.74) is 0.0743. The molecule has 8 heteroatoms. The van der Waals surface area contributed by atoms with Crippen LogP contribution in [0.25, 0.3) is 0 Å². The van der Waals surface area contributed by atoms with E-state index in [1.165, 1.54) is 6.92 Å². The van der Waals surface area contributed by atoms with Crippen molar-refractivity contribution in [3.8, 4) is 0 Å². The van der Waals surface area contributed by atoms with E-state index in [0.717, 1.165) is 5.57 Å². The molecule has 5 atom stereocenters. The Morgan fingerprint density at radius 1 is 0.952 bits per heavy atom. The molecule has 1 aliphatic heterocycles. The van der Waals surface area contributed by atoms with Crippen molar-refractivity contribution in [1.82, 2.24) is 0 Å². The molecular weight excluding hydrogens is 561 g/mol. The van der Waals surface area contributed by atoms with Gasteiger partial charge in [0.2, 0.25) is 0 Å². The maximum atomic E-state index is 14.6. The summed E-state index contributed by atoms with van der Waals surface area (Å²) in [6.45, 7) is 33.1. The highest BCUT2D eigenvalue weighted by Gasteiger charge is 2.50. The van der Waals surface area contributed by atoms with Crippen molar-refractivity contribution < 1.29 is 28.0 Å². The number of esters is 1. The van der Waals surface area contributed by atoms with Crippen molar-refractivity contribution in [2.75, 3.05) is 0 Å². The van der Waals surface area contributed by atoms with Crippen LogP contribution in [0.2, 0.25) is 36.3 Å². The molecule has 0 radical (unpaired) electrons. The summed E-state index contributed by atoms with van der Waals surface area (Å²) in [6.07, 6.45) is 5.27. The molecule has 0 aromatic rings. The summed E-state index contributed by atoms with van der Waals surface area (Å²) in [4.78, 5) is 40.4. The number of carbonyl (C=O) groups excluding carboxylic acids is 3. The normalized spacial score (nSPS) is 29.8. The maximum Gasteiger partial charge on any atom is 0.309 e. The zero-order chi connectivity index (χ0) is 33.1. The van der Waals surface area contributed by atoms with Crippen LogP contribution in [0.1, 0.15) is 102 Å². The van der Waals surface area contributed by atoms with E-state index in [1.807, 2.05) is 33.8 Å². The van der Waals surface area contributed by atoms with E-state index >= 15 is 0 Å². The van der Waals surface area contributed by atoms with Crippen LogP contribution < -0.4 is 0 Å². The van der Waals surface area contributed by atoms with E-state index in [0.29, 0.717) is 12.8 Å². The van der Waals surface area contributed by atoms with Gasteiger partial charge in [-0.25, -0.2) is 0 Å². The minimum absolute atomic E-state index is 0.00857. The summed E-state index contributed by atoms with van der Waals surface area (Å²) in [6, 6.07) is 0. The lowest BCUT2D eigenvalue weighted by Crippen LogP contribution is -2.54. The smallest absolute Gasteiger partial charge is 0.309 e. The van der Waals surface area contributed by atoms with E-state index in [-0.39, 0.29) is 40.1 Å². The Labute approximate surface area is 259 Å².